The van der Waals surface area contributed by atoms with E-state index in [-0.39, 0.29) is 35.5 Å². The zero-order valence-corrected chi connectivity index (χ0v) is 17.2. The normalized spacial score (nSPS) is 16.3. The molecule has 30 heavy (non-hydrogen) atoms. The van der Waals surface area contributed by atoms with Gasteiger partial charge in [-0.3, -0.25) is 4.79 Å². The number of nitrogens with zero attached hydrogens (tertiary/aromatic N) is 3. The number of ether oxygens (including phenoxy) is 1. The third kappa shape index (κ3) is 4.16. The molecule has 1 atom stereocenters. The van der Waals surface area contributed by atoms with Crippen LogP contribution in [0.15, 0.2) is 47.0 Å². The Morgan fingerprint density at radius 2 is 2.07 bits per heavy atom. The fourth-order valence-corrected chi connectivity index (χ4v) is 3.53. The number of rotatable bonds is 7. The summed E-state index contributed by atoms with van der Waals surface area (Å²) in [5.41, 5.74) is 0.927. The predicted octanol–water partition coefficient (Wildman–Crippen LogP) is 5.23. The summed E-state index contributed by atoms with van der Waals surface area (Å²) in [4.78, 5) is 18.3. The van der Waals surface area contributed by atoms with E-state index in [9.17, 15) is 9.18 Å². The summed E-state index contributed by atoms with van der Waals surface area (Å²) < 4.78 is 25.4. The minimum atomic E-state index is -0.608. The Bertz CT molecular complexity index is 1040. The first-order chi connectivity index (χ1) is 14.6. The van der Waals surface area contributed by atoms with E-state index in [1.54, 1.807) is 6.07 Å². The van der Waals surface area contributed by atoms with Crippen LogP contribution in [0.3, 0.4) is 0 Å². The summed E-state index contributed by atoms with van der Waals surface area (Å²) in [6, 6.07) is 12.0. The molecule has 0 saturated carbocycles. The van der Waals surface area contributed by atoms with Crippen LogP contribution < -0.4 is 9.64 Å². The van der Waals surface area contributed by atoms with E-state index in [2.05, 4.69) is 17.1 Å². The van der Waals surface area contributed by atoms with Gasteiger partial charge in [0.15, 0.2) is 11.6 Å². The Morgan fingerprint density at radius 3 is 2.83 bits per heavy atom. The summed E-state index contributed by atoms with van der Waals surface area (Å²) >= 11 is 5.85. The van der Waals surface area contributed by atoms with Gasteiger partial charge in [0.2, 0.25) is 5.91 Å². The number of benzene rings is 2. The number of anilines is 1. The van der Waals surface area contributed by atoms with Gasteiger partial charge in [0.05, 0.1) is 17.3 Å². The number of carbonyl (C=O) groups excluding carboxylic acids is 1. The number of halogens is 2. The Balaban J connectivity index is 1.47. The molecule has 0 aliphatic carbocycles. The minimum Gasteiger partial charge on any atom is -0.494 e. The lowest BCUT2D eigenvalue weighted by atomic mass is 10.1. The van der Waals surface area contributed by atoms with Gasteiger partial charge in [-0.15, -0.1) is 0 Å². The van der Waals surface area contributed by atoms with Crippen LogP contribution in [0, 0.1) is 5.82 Å². The lowest BCUT2D eigenvalue weighted by molar-refractivity contribution is -0.117. The second-order valence-corrected chi connectivity index (χ2v) is 7.57. The van der Waals surface area contributed by atoms with Crippen LogP contribution in [0.4, 0.5) is 10.1 Å². The van der Waals surface area contributed by atoms with Gasteiger partial charge in [-0.25, -0.2) is 4.39 Å². The van der Waals surface area contributed by atoms with Crippen molar-refractivity contribution in [3.8, 4) is 17.2 Å². The second kappa shape index (κ2) is 8.83. The predicted molar refractivity (Wildman–Crippen MR) is 111 cm³/mol. The molecule has 3 aromatic rings. The quantitative estimate of drug-likeness (QED) is 0.481. The first kappa shape index (κ1) is 20.3. The van der Waals surface area contributed by atoms with Gasteiger partial charge in [0, 0.05) is 24.4 Å². The Hall–Kier alpha value is -2.93. The monoisotopic (exact) mass is 429 g/mol. The highest BCUT2D eigenvalue weighted by Gasteiger charge is 2.36. The van der Waals surface area contributed by atoms with Crippen molar-refractivity contribution in [2.24, 2.45) is 0 Å². The zero-order valence-electron chi connectivity index (χ0n) is 16.5. The molecule has 156 valence electrons. The van der Waals surface area contributed by atoms with E-state index in [0.717, 1.165) is 24.2 Å². The number of unbranched alkanes of at least 4 members (excludes halogenated alkanes) is 1. The van der Waals surface area contributed by atoms with Crippen molar-refractivity contribution < 1.29 is 18.4 Å². The van der Waals surface area contributed by atoms with Gasteiger partial charge >= 0.3 is 0 Å². The van der Waals surface area contributed by atoms with Gasteiger partial charge in [-0.1, -0.05) is 36.2 Å². The van der Waals surface area contributed by atoms with Crippen LogP contribution in [-0.4, -0.2) is 29.2 Å². The van der Waals surface area contributed by atoms with Gasteiger partial charge in [-0.05, 0) is 42.8 Å². The number of aromatic nitrogens is 2. The number of amides is 1. The fraction of sp³-hybridized carbons (Fsp3) is 0.318. The van der Waals surface area contributed by atoms with Crippen molar-refractivity contribution in [3.05, 3.63) is 59.1 Å². The van der Waals surface area contributed by atoms with Gasteiger partial charge < -0.3 is 14.2 Å². The second-order valence-electron chi connectivity index (χ2n) is 7.16. The van der Waals surface area contributed by atoms with E-state index in [0.29, 0.717) is 18.3 Å². The maximum atomic E-state index is 14.3. The van der Waals surface area contributed by atoms with E-state index in [1.807, 2.05) is 24.3 Å². The van der Waals surface area contributed by atoms with Gasteiger partial charge in [0.1, 0.15) is 5.75 Å². The van der Waals surface area contributed by atoms with Crippen molar-refractivity contribution in [1.82, 2.24) is 10.1 Å². The number of hydrogen-bond donors (Lipinski definition) is 0. The molecule has 6 nitrogen and oxygen atoms in total. The third-order valence-corrected chi connectivity index (χ3v) is 5.31. The zero-order chi connectivity index (χ0) is 21.1. The Labute approximate surface area is 178 Å². The molecule has 0 radical (unpaired) electrons. The molecule has 1 amide bonds. The Morgan fingerprint density at radius 1 is 1.27 bits per heavy atom. The first-order valence-electron chi connectivity index (χ1n) is 9.88. The molecule has 2 heterocycles. The number of hydrogen-bond acceptors (Lipinski definition) is 5. The van der Waals surface area contributed by atoms with E-state index >= 15 is 0 Å². The lowest BCUT2D eigenvalue weighted by Gasteiger charge is -2.17. The topological polar surface area (TPSA) is 68.5 Å². The molecule has 0 bridgehead atoms. The molecule has 1 aromatic heterocycles. The average Bonchev–Trinajstić information content (AvgIpc) is 3.38. The summed E-state index contributed by atoms with van der Waals surface area (Å²) in [5, 5.41) is 4.02. The van der Waals surface area contributed by atoms with Crippen molar-refractivity contribution >= 4 is 23.2 Å². The molecular formula is C22H21ClFN3O3. The van der Waals surface area contributed by atoms with Crippen molar-refractivity contribution in [1.29, 1.82) is 0 Å². The van der Waals surface area contributed by atoms with Crippen molar-refractivity contribution in [2.75, 3.05) is 18.1 Å². The Kier molecular flexibility index (Phi) is 5.99. The smallest absolute Gasteiger partial charge is 0.257 e. The highest BCUT2D eigenvalue weighted by molar-refractivity contribution is 6.31. The summed E-state index contributed by atoms with van der Waals surface area (Å²) in [6.07, 6.45) is 2.26. The van der Waals surface area contributed by atoms with Crippen LogP contribution in [0.2, 0.25) is 5.02 Å². The van der Waals surface area contributed by atoms with Crippen molar-refractivity contribution in [2.45, 2.75) is 32.1 Å². The molecule has 1 fully saturated rings. The standard InChI is InChI=1S/C22H21ClFN3O3/c1-2-3-11-29-16-9-7-14(8-10-16)22-25-21(26-30-22)15-12-19(28)27(13-15)18-6-4-5-17(23)20(18)24/h4-10,15H,2-3,11-13H2,1H3. The minimum absolute atomic E-state index is 0.0206. The molecule has 2 aromatic carbocycles. The van der Waals surface area contributed by atoms with E-state index in [1.165, 1.54) is 17.0 Å². The molecule has 1 aliphatic heterocycles. The van der Waals surface area contributed by atoms with Crippen LogP contribution in [0.1, 0.15) is 37.9 Å². The molecule has 1 saturated heterocycles. The van der Waals surface area contributed by atoms with Gasteiger partial charge in [-0.2, -0.15) is 4.98 Å². The summed E-state index contributed by atoms with van der Waals surface area (Å²) in [7, 11) is 0. The maximum Gasteiger partial charge on any atom is 0.257 e. The van der Waals surface area contributed by atoms with Crippen LogP contribution in [0.5, 0.6) is 5.75 Å². The molecule has 0 spiro atoms. The highest BCUT2D eigenvalue weighted by Crippen LogP contribution is 2.34. The summed E-state index contributed by atoms with van der Waals surface area (Å²) in [6.45, 7) is 3.06. The van der Waals surface area contributed by atoms with Crippen molar-refractivity contribution in [3.63, 3.8) is 0 Å². The van der Waals surface area contributed by atoms with Crippen LogP contribution >= 0.6 is 11.6 Å². The lowest BCUT2D eigenvalue weighted by Crippen LogP contribution is -2.25. The first-order valence-corrected chi connectivity index (χ1v) is 10.3. The van der Waals surface area contributed by atoms with Gasteiger partial charge in [0.25, 0.3) is 5.89 Å². The fourth-order valence-electron chi connectivity index (χ4n) is 3.36. The molecular weight excluding hydrogens is 409 g/mol. The molecule has 1 unspecified atom stereocenters. The third-order valence-electron chi connectivity index (χ3n) is 5.02. The molecule has 4 rings (SSSR count). The average molecular weight is 430 g/mol. The van der Waals surface area contributed by atoms with Crippen LogP contribution in [0.25, 0.3) is 11.5 Å². The van der Waals surface area contributed by atoms with E-state index < -0.39 is 5.82 Å². The highest BCUT2D eigenvalue weighted by atomic mass is 35.5. The van der Waals surface area contributed by atoms with Crippen LogP contribution in [-0.2, 0) is 4.79 Å². The van der Waals surface area contributed by atoms with E-state index in [4.69, 9.17) is 20.9 Å². The maximum absolute atomic E-state index is 14.3. The summed E-state index contributed by atoms with van der Waals surface area (Å²) in [5.74, 6) is 0.471. The molecule has 8 heteroatoms. The SMILES string of the molecule is CCCCOc1ccc(-c2nc(C3CC(=O)N(c4cccc(Cl)c4F)C3)no2)cc1. The number of carbonyl (C=O) groups is 1. The molecule has 1 aliphatic rings. The largest absolute Gasteiger partial charge is 0.494 e. The molecule has 0 N–H and O–H groups in total.